The Bertz CT molecular complexity index is 7230. The van der Waals surface area contributed by atoms with Crippen molar-refractivity contribution in [2.45, 2.75) is 63.0 Å². The number of benzene rings is 14. The molecule has 3 heterocycles. The van der Waals surface area contributed by atoms with Gasteiger partial charge in [0.05, 0.1) is 0 Å². The minimum atomic E-state index is -2.35. The standard InChI is InChI=1S/C38H30N.C37H28N.C31H24N/c1-23-10-4-7-13-28(23)36-21-32(24(2)22-39(36)3)27-16-17-31-33(20-27)38-30-15-9-8-14-29(30)37(31)34-18-25-11-5-6-12-26(25)19-35(34)38;1-23-9-3-6-12-28(23)35-22-27(17-18-38(35)2)26-15-16-31-32(21-26)37-30-14-8-7-13-29(30)36(31)33-19-24-10-4-5-11-25(24)20-34(33)37;1-19-15-25-28(18-24(19)29-13-7-8-14-32(29)2)31-23-12-6-5-11-22(23)30(25)26-16-20-9-3-4-10-21(20)17-27(26)31/h4-22,37-38H,1-3H3;3-22,36-37H,1-2H3;3-18,30-31H,1-2H3/q3*+1/i2D3,37D,38D;36D,37D;30D,31D. The fourth-order valence-corrected chi connectivity index (χ4v) is 18.7. The summed E-state index contributed by atoms with van der Waals surface area (Å²) in [5.41, 5.74) is 29.6. The van der Waals surface area contributed by atoms with Crippen LogP contribution in [-0.2, 0) is 21.1 Å². The maximum atomic E-state index is 10.3. The molecule has 6 bridgehead atoms. The predicted molar refractivity (Wildman–Crippen MR) is 446 cm³/mol. The molecule has 9 aliphatic rings. The normalized spacial score (nSPS) is 22.3. The van der Waals surface area contributed by atoms with Crippen LogP contribution in [0, 0.1) is 27.6 Å². The van der Waals surface area contributed by atoms with Crippen molar-refractivity contribution in [2.75, 3.05) is 0 Å². The SMILES string of the molecule is [2H]C([2H])([2H])c1c[n+](C)c(-c2ccccc2C)cc1-c1ccc2c(c1)C1([2H])c3ccccc3C2([2H])c2cc3ccccc3cc21.[2H]C12c3ccccc3C([2H])(c3cc(-c4cc[n+](C)c(-c5ccccc5C)c4)ccc31)c1cc3ccccc3cc12.[2H]C12c3ccccc3C([2H])(c3cc(-c4cccc[n+]4C)c(C)cc31)c1cc3ccccc3cc12. The third-order valence-corrected chi connectivity index (χ3v) is 23.9. The summed E-state index contributed by atoms with van der Waals surface area (Å²) in [4.78, 5) is 0. The summed E-state index contributed by atoms with van der Waals surface area (Å²) < 4.78 is 92.4. The Labute approximate surface area is 651 Å². The highest BCUT2D eigenvalue weighted by molar-refractivity contribution is 5.91. The molecule has 17 aromatic rings. The van der Waals surface area contributed by atoms with Crippen molar-refractivity contribution in [3.63, 3.8) is 0 Å². The van der Waals surface area contributed by atoms with E-state index in [1.807, 2.05) is 151 Å². The van der Waals surface area contributed by atoms with Crippen molar-refractivity contribution in [1.82, 2.24) is 0 Å². The van der Waals surface area contributed by atoms with Crippen molar-refractivity contribution < 1.29 is 26.0 Å². The van der Waals surface area contributed by atoms with Gasteiger partial charge in [-0.3, -0.25) is 0 Å². The topological polar surface area (TPSA) is 11.6 Å². The molecule has 0 radical (unpaired) electrons. The number of hydrogen-bond donors (Lipinski definition) is 0. The van der Waals surface area contributed by atoms with E-state index in [1.54, 1.807) is 6.20 Å². The van der Waals surface area contributed by atoms with Gasteiger partial charge in [-0.15, -0.1) is 0 Å². The fourth-order valence-electron chi connectivity index (χ4n) is 18.7. The lowest BCUT2D eigenvalue weighted by atomic mass is 9.60. The van der Waals surface area contributed by atoms with Gasteiger partial charge in [0.2, 0.25) is 17.1 Å². The highest BCUT2D eigenvalue weighted by atomic mass is 14.9. The minimum absolute atomic E-state index is 0.254. The van der Waals surface area contributed by atoms with E-state index in [4.69, 9.17) is 4.11 Å². The van der Waals surface area contributed by atoms with Crippen LogP contribution in [0.2, 0.25) is 0 Å². The molecule has 518 valence electrons. The highest BCUT2D eigenvalue weighted by Gasteiger charge is 2.45. The third-order valence-electron chi connectivity index (χ3n) is 23.9. The molecule has 26 rings (SSSR count). The van der Waals surface area contributed by atoms with Gasteiger partial charge in [0.1, 0.15) is 21.1 Å². The first-order valence-electron chi connectivity index (χ1n) is 42.4. The maximum absolute atomic E-state index is 10.3. The lowest BCUT2D eigenvalue weighted by Crippen LogP contribution is -2.31. The van der Waals surface area contributed by atoms with Gasteiger partial charge >= 0.3 is 0 Å². The maximum Gasteiger partial charge on any atom is 0.213 e. The molecule has 0 spiro atoms. The first kappa shape index (κ1) is 55.7. The number of rotatable bonds is 5. The van der Waals surface area contributed by atoms with E-state index in [0.29, 0.717) is 5.56 Å². The van der Waals surface area contributed by atoms with Crippen LogP contribution >= 0.6 is 0 Å². The number of aromatic nitrogens is 3. The molecule has 0 N–H and O–H groups in total. The quantitative estimate of drug-likeness (QED) is 0.152. The molecule has 0 aliphatic heterocycles. The van der Waals surface area contributed by atoms with Crippen LogP contribution < -0.4 is 13.7 Å². The van der Waals surface area contributed by atoms with Crippen molar-refractivity contribution in [1.29, 1.82) is 0 Å². The summed E-state index contributed by atoms with van der Waals surface area (Å²) in [5.74, 6) is -6.73. The second kappa shape index (κ2) is 25.2. The summed E-state index contributed by atoms with van der Waals surface area (Å²) in [5, 5.41) is 6.54. The Morgan fingerprint density at radius 3 is 0.982 bits per heavy atom. The molecule has 3 aromatic heterocycles. The predicted octanol–water partition coefficient (Wildman–Crippen LogP) is 23.5. The smallest absolute Gasteiger partial charge is 0.201 e. The van der Waals surface area contributed by atoms with E-state index in [9.17, 15) is 8.22 Å². The molecular formula is C106H82N3+3. The van der Waals surface area contributed by atoms with Gasteiger partial charge in [-0.05, 0) is 272 Å². The number of hydrogen-bond acceptors (Lipinski definition) is 0. The zero-order chi connectivity index (χ0) is 81.1. The molecule has 0 saturated carbocycles. The van der Waals surface area contributed by atoms with Crippen LogP contribution in [0.4, 0.5) is 0 Å². The van der Waals surface area contributed by atoms with Crippen LogP contribution in [0.25, 0.3) is 88.3 Å². The molecule has 14 aromatic carbocycles. The Kier molecular flexibility index (Phi) is 12.9. The molecule has 6 unspecified atom stereocenters. The van der Waals surface area contributed by atoms with Gasteiger partial charge in [0, 0.05) is 100 Å². The number of aryl methyl sites for hydroxylation is 7. The minimum Gasteiger partial charge on any atom is -0.201 e. The van der Waals surface area contributed by atoms with Gasteiger partial charge in [0.25, 0.3) is 0 Å². The van der Waals surface area contributed by atoms with Crippen LogP contribution in [-0.4, -0.2) is 0 Å². The van der Waals surface area contributed by atoms with Gasteiger partial charge in [-0.25, -0.2) is 13.7 Å². The summed E-state index contributed by atoms with van der Waals surface area (Å²) in [6.07, 6.45) is 5.89. The monoisotopic (exact) mass is 1410 g/mol. The second-order valence-electron chi connectivity index (χ2n) is 30.2. The molecule has 0 fully saturated rings. The summed E-state index contributed by atoms with van der Waals surface area (Å²) >= 11 is 0. The lowest BCUT2D eigenvalue weighted by molar-refractivity contribution is -0.660. The van der Waals surface area contributed by atoms with E-state index in [-0.39, 0.29) is 5.56 Å². The van der Waals surface area contributed by atoms with E-state index in [0.717, 1.165) is 188 Å². The van der Waals surface area contributed by atoms with E-state index in [1.165, 1.54) is 11.1 Å². The van der Waals surface area contributed by atoms with Gasteiger partial charge in [0.15, 0.2) is 18.6 Å². The Hall–Kier alpha value is -12.7. The summed E-state index contributed by atoms with van der Waals surface area (Å²) in [6, 6.07) is 107. The van der Waals surface area contributed by atoms with Crippen molar-refractivity contribution >= 4 is 32.3 Å². The van der Waals surface area contributed by atoms with Crippen LogP contribution in [0.15, 0.2) is 334 Å². The highest BCUT2D eigenvalue weighted by Crippen LogP contribution is 2.61. The molecule has 6 atom stereocenters. The third kappa shape index (κ3) is 10.2. The molecular weight excluding hydrogens is 1320 g/mol. The average Bonchev–Trinajstić information content (AvgIpc) is 0.671. The molecule has 3 nitrogen and oxygen atoms in total. The lowest BCUT2D eigenvalue weighted by Gasteiger charge is -2.42. The van der Waals surface area contributed by atoms with E-state index in [2.05, 4.69) is 232 Å². The second-order valence-corrected chi connectivity index (χ2v) is 30.2. The van der Waals surface area contributed by atoms with Crippen LogP contribution in [0.1, 0.15) is 170 Å². The summed E-state index contributed by atoms with van der Waals surface area (Å²) in [6.45, 7) is 3.98. The largest absolute Gasteiger partial charge is 0.213 e. The van der Waals surface area contributed by atoms with Gasteiger partial charge in [-0.2, -0.15) is 0 Å². The molecule has 3 heteroatoms. The number of pyridine rings is 3. The Morgan fingerprint density at radius 2 is 0.550 bits per heavy atom. The van der Waals surface area contributed by atoms with Crippen molar-refractivity contribution in [3.8, 4) is 56.0 Å². The van der Waals surface area contributed by atoms with E-state index < -0.39 is 42.2 Å². The molecule has 0 saturated heterocycles. The summed E-state index contributed by atoms with van der Waals surface area (Å²) in [7, 11) is 6.02. The Morgan fingerprint density at radius 1 is 0.220 bits per heavy atom. The van der Waals surface area contributed by atoms with Crippen molar-refractivity contribution in [2.24, 2.45) is 21.1 Å². The Balaban J connectivity index is 0.000000111. The van der Waals surface area contributed by atoms with Crippen LogP contribution in [0.5, 0.6) is 0 Å². The number of fused-ring (bicyclic) bond motifs is 3. The van der Waals surface area contributed by atoms with Crippen LogP contribution in [0.3, 0.4) is 0 Å². The molecule has 9 aliphatic carbocycles. The number of nitrogens with zero attached hydrogens (tertiary/aromatic N) is 3. The average molecular weight is 1410 g/mol. The zero-order valence-electron chi connectivity index (χ0n) is 70.6. The van der Waals surface area contributed by atoms with E-state index >= 15 is 0 Å². The van der Waals surface area contributed by atoms with Crippen molar-refractivity contribution in [3.05, 3.63) is 456 Å². The first-order chi connectivity index (χ1) is 56.9. The van der Waals surface area contributed by atoms with Gasteiger partial charge in [-0.1, -0.05) is 212 Å². The molecule has 109 heavy (non-hydrogen) atoms. The fraction of sp³-hybridized carbons (Fsp3) is 0.123. The van der Waals surface area contributed by atoms with Gasteiger partial charge < -0.3 is 0 Å². The zero-order valence-corrected chi connectivity index (χ0v) is 61.6. The first-order valence-corrected chi connectivity index (χ1v) is 37.9. The molecule has 0 amide bonds.